The van der Waals surface area contributed by atoms with E-state index < -0.39 is 0 Å². The molecular formula is C12H25NO2. The van der Waals surface area contributed by atoms with E-state index in [0.29, 0.717) is 6.54 Å². The fraction of sp³-hybridized carbons (Fsp3) is 1.00. The fourth-order valence-corrected chi connectivity index (χ4v) is 2.20. The molecule has 1 aliphatic rings. The molecule has 3 heteroatoms. The van der Waals surface area contributed by atoms with Crippen LogP contribution in [0.5, 0.6) is 0 Å². The maximum Gasteiger partial charge on any atom is 0.0804 e. The summed E-state index contributed by atoms with van der Waals surface area (Å²) < 4.78 is 5.93. The molecule has 0 aromatic rings. The Morgan fingerprint density at radius 3 is 2.53 bits per heavy atom. The van der Waals surface area contributed by atoms with Crippen LogP contribution in [0.15, 0.2) is 0 Å². The van der Waals surface area contributed by atoms with Crippen LogP contribution in [0.3, 0.4) is 0 Å². The van der Waals surface area contributed by atoms with Crippen molar-refractivity contribution in [3.63, 3.8) is 0 Å². The molecule has 0 amide bonds. The van der Waals surface area contributed by atoms with E-state index in [4.69, 9.17) is 15.6 Å². The Morgan fingerprint density at radius 1 is 1.33 bits per heavy atom. The molecule has 0 radical (unpaired) electrons. The third kappa shape index (κ3) is 4.09. The molecule has 1 aliphatic carbocycles. The number of ether oxygens (including phenoxy) is 1. The third-order valence-electron chi connectivity index (χ3n) is 3.52. The van der Waals surface area contributed by atoms with Crippen LogP contribution in [-0.4, -0.2) is 30.5 Å². The summed E-state index contributed by atoms with van der Waals surface area (Å²) in [6.07, 6.45) is 6.44. The van der Waals surface area contributed by atoms with Crippen molar-refractivity contribution in [1.82, 2.24) is 0 Å². The normalized spacial score (nSPS) is 31.8. The van der Waals surface area contributed by atoms with Crippen molar-refractivity contribution < 1.29 is 9.84 Å². The lowest BCUT2D eigenvalue weighted by atomic mass is 9.79. The van der Waals surface area contributed by atoms with Crippen LogP contribution in [0.2, 0.25) is 0 Å². The minimum absolute atomic E-state index is 0.0536. The van der Waals surface area contributed by atoms with Gasteiger partial charge in [-0.2, -0.15) is 0 Å². The predicted octanol–water partition coefficient (Wildman–Crippen LogP) is 1.68. The highest BCUT2D eigenvalue weighted by molar-refractivity contribution is 4.87. The Bertz CT molecular complexity index is 165. The summed E-state index contributed by atoms with van der Waals surface area (Å²) >= 11 is 0. The monoisotopic (exact) mass is 215 g/mol. The van der Waals surface area contributed by atoms with Crippen LogP contribution >= 0.6 is 0 Å². The van der Waals surface area contributed by atoms with Crippen molar-refractivity contribution >= 4 is 0 Å². The smallest absolute Gasteiger partial charge is 0.0804 e. The van der Waals surface area contributed by atoms with Gasteiger partial charge < -0.3 is 15.6 Å². The average Bonchev–Trinajstić information content (AvgIpc) is 2.28. The molecule has 1 saturated carbocycles. The summed E-state index contributed by atoms with van der Waals surface area (Å²) in [4.78, 5) is 0. The van der Waals surface area contributed by atoms with E-state index >= 15 is 0 Å². The van der Waals surface area contributed by atoms with Crippen LogP contribution in [0.25, 0.3) is 0 Å². The molecule has 0 spiro atoms. The summed E-state index contributed by atoms with van der Waals surface area (Å²) in [5, 5.41) is 8.68. The molecule has 0 bridgehead atoms. The average molecular weight is 215 g/mol. The van der Waals surface area contributed by atoms with Gasteiger partial charge in [-0.25, -0.2) is 0 Å². The standard InChI is InChI=1S/C12H25NO2/c1-11-4-6-12(10-13,7-5-11)15-9-3-2-8-14/h11,14H,2-10,13H2,1H3. The summed E-state index contributed by atoms with van der Waals surface area (Å²) in [7, 11) is 0. The first kappa shape index (κ1) is 12.9. The zero-order valence-corrected chi connectivity index (χ0v) is 9.87. The molecular weight excluding hydrogens is 190 g/mol. The van der Waals surface area contributed by atoms with Crippen LogP contribution in [-0.2, 0) is 4.74 Å². The molecule has 0 aliphatic heterocycles. The van der Waals surface area contributed by atoms with Gasteiger partial charge in [-0.3, -0.25) is 0 Å². The largest absolute Gasteiger partial charge is 0.396 e. The van der Waals surface area contributed by atoms with Gasteiger partial charge in [0.2, 0.25) is 0 Å². The maximum atomic E-state index is 8.68. The Kier molecular flexibility index (Phi) is 5.58. The van der Waals surface area contributed by atoms with Crippen molar-refractivity contribution in [1.29, 1.82) is 0 Å². The minimum atomic E-state index is -0.0536. The van der Waals surface area contributed by atoms with Gasteiger partial charge in [0.15, 0.2) is 0 Å². The number of aliphatic hydroxyl groups excluding tert-OH is 1. The summed E-state index contributed by atoms with van der Waals surface area (Å²) in [6, 6.07) is 0. The Balaban J connectivity index is 2.27. The number of nitrogens with two attached hydrogens (primary N) is 1. The molecule has 1 fully saturated rings. The number of hydrogen-bond donors (Lipinski definition) is 2. The van der Waals surface area contributed by atoms with Gasteiger partial charge in [-0.1, -0.05) is 6.92 Å². The van der Waals surface area contributed by atoms with Crippen molar-refractivity contribution in [3.8, 4) is 0 Å². The van der Waals surface area contributed by atoms with Gasteiger partial charge >= 0.3 is 0 Å². The first-order valence-corrected chi connectivity index (χ1v) is 6.17. The molecule has 0 saturated heterocycles. The van der Waals surface area contributed by atoms with Crippen LogP contribution < -0.4 is 5.73 Å². The molecule has 90 valence electrons. The van der Waals surface area contributed by atoms with E-state index in [-0.39, 0.29) is 12.2 Å². The third-order valence-corrected chi connectivity index (χ3v) is 3.52. The lowest BCUT2D eigenvalue weighted by molar-refractivity contribution is -0.0717. The zero-order valence-electron chi connectivity index (χ0n) is 9.87. The molecule has 0 heterocycles. The summed E-state index contributed by atoms with van der Waals surface area (Å²) in [5.41, 5.74) is 5.77. The molecule has 0 atom stereocenters. The first-order chi connectivity index (χ1) is 7.22. The second kappa shape index (κ2) is 6.46. The van der Waals surface area contributed by atoms with Crippen LogP contribution in [0.4, 0.5) is 0 Å². The second-order valence-corrected chi connectivity index (χ2v) is 4.85. The fourth-order valence-electron chi connectivity index (χ4n) is 2.20. The minimum Gasteiger partial charge on any atom is -0.396 e. The van der Waals surface area contributed by atoms with Gasteiger partial charge in [0, 0.05) is 19.8 Å². The lowest BCUT2D eigenvalue weighted by Gasteiger charge is -2.38. The van der Waals surface area contributed by atoms with E-state index in [2.05, 4.69) is 6.92 Å². The molecule has 0 aromatic carbocycles. The number of aliphatic hydroxyl groups is 1. The lowest BCUT2D eigenvalue weighted by Crippen LogP contribution is -2.44. The molecule has 15 heavy (non-hydrogen) atoms. The molecule has 1 rings (SSSR count). The van der Waals surface area contributed by atoms with Crippen molar-refractivity contribution in [2.45, 2.75) is 51.0 Å². The van der Waals surface area contributed by atoms with E-state index in [0.717, 1.165) is 38.2 Å². The second-order valence-electron chi connectivity index (χ2n) is 4.85. The number of hydrogen-bond acceptors (Lipinski definition) is 3. The van der Waals surface area contributed by atoms with E-state index in [1.807, 2.05) is 0 Å². The molecule has 0 unspecified atom stereocenters. The van der Waals surface area contributed by atoms with Crippen LogP contribution in [0, 0.1) is 5.92 Å². The Labute approximate surface area is 93.0 Å². The molecule has 0 aromatic heterocycles. The predicted molar refractivity (Wildman–Crippen MR) is 61.7 cm³/mol. The zero-order chi connectivity index (χ0) is 11.1. The molecule has 3 nitrogen and oxygen atoms in total. The highest BCUT2D eigenvalue weighted by Crippen LogP contribution is 2.34. The van der Waals surface area contributed by atoms with Gasteiger partial charge in [-0.05, 0) is 44.4 Å². The number of rotatable bonds is 6. The summed E-state index contributed by atoms with van der Waals surface area (Å²) in [5.74, 6) is 0.825. The maximum absolute atomic E-state index is 8.68. The van der Waals surface area contributed by atoms with Gasteiger partial charge in [-0.15, -0.1) is 0 Å². The molecule has 3 N–H and O–H groups in total. The Hall–Kier alpha value is -0.120. The highest BCUT2D eigenvalue weighted by atomic mass is 16.5. The van der Waals surface area contributed by atoms with E-state index in [1.54, 1.807) is 0 Å². The van der Waals surface area contributed by atoms with Gasteiger partial charge in [0.05, 0.1) is 5.60 Å². The number of unbranched alkanes of at least 4 members (excludes halogenated alkanes) is 1. The van der Waals surface area contributed by atoms with Crippen molar-refractivity contribution in [3.05, 3.63) is 0 Å². The topological polar surface area (TPSA) is 55.5 Å². The van der Waals surface area contributed by atoms with Gasteiger partial charge in [0.1, 0.15) is 0 Å². The van der Waals surface area contributed by atoms with Crippen molar-refractivity contribution in [2.24, 2.45) is 11.7 Å². The van der Waals surface area contributed by atoms with Crippen LogP contribution in [0.1, 0.15) is 45.4 Å². The summed E-state index contributed by atoms with van der Waals surface area (Å²) in [6.45, 7) is 3.94. The van der Waals surface area contributed by atoms with Crippen molar-refractivity contribution in [2.75, 3.05) is 19.8 Å². The Morgan fingerprint density at radius 2 is 2.00 bits per heavy atom. The highest BCUT2D eigenvalue weighted by Gasteiger charge is 2.33. The first-order valence-electron chi connectivity index (χ1n) is 6.17. The van der Waals surface area contributed by atoms with E-state index in [1.165, 1.54) is 12.8 Å². The van der Waals surface area contributed by atoms with E-state index in [9.17, 15) is 0 Å². The van der Waals surface area contributed by atoms with Gasteiger partial charge in [0.25, 0.3) is 0 Å². The SMILES string of the molecule is CC1CCC(CN)(OCCCCO)CC1. The quantitative estimate of drug-likeness (QED) is 0.663.